The highest BCUT2D eigenvalue weighted by molar-refractivity contribution is 5.93. The van der Waals surface area contributed by atoms with Crippen molar-refractivity contribution in [2.75, 3.05) is 19.6 Å². The van der Waals surface area contributed by atoms with Crippen LogP contribution >= 0.6 is 0 Å². The molecule has 0 aliphatic carbocycles. The Kier molecular flexibility index (Phi) is 3.38. The molecule has 20 heavy (non-hydrogen) atoms. The van der Waals surface area contributed by atoms with Crippen LogP contribution in [0.5, 0.6) is 0 Å². The fraction of sp³-hybridized carbons (Fsp3) is 0.571. The molecule has 2 fully saturated rings. The van der Waals surface area contributed by atoms with Gasteiger partial charge < -0.3 is 10.2 Å². The van der Waals surface area contributed by atoms with Crippen molar-refractivity contribution in [3.63, 3.8) is 0 Å². The summed E-state index contributed by atoms with van der Waals surface area (Å²) in [4.78, 5) is 33.2. The molecule has 2 amide bonds. The molecule has 106 valence electrons. The van der Waals surface area contributed by atoms with Crippen LogP contribution in [0.2, 0.25) is 0 Å². The summed E-state index contributed by atoms with van der Waals surface area (Å²) < 4.78 is 0. The maximum absolute atomic E-state index is 12.3. The summed E-state index contributed by atoms with van der Waals surface area (Å²) in [7, 11) is 0. The van der Waals surface area contributed by atoms with Gasteiger partial charge in [0.05, 0.1) is 5.56 Å². The van der Waals surface area contributed by atoms with Crippen LogP contribution in [0, 0.1) is 5.41 Å². The van der Waals surface area contributed by atoms with Crippen molar-refractivity contribution in [3.05, 3.63) is 24.3 Å². The number of nitrogens with one attached hydrogen (secondary N) is 1. The molecule has 1 aromatic heterocycles. The Bertz CT molecular complexity index is 497. The smallest absolute Gasteiger partial charge is 0.256 e. The molecule has 3 rings (SSSR count). The number of likely N-dealkylation sites (tertiary alicyclic amines) is 1. The lowest BCUT2D eigenvalue weighted by molar-refractivity contribution is -0.125. The van der Waals surface area contributed by atoms with Crippen molar-refractivity contribution in [2.24, 2.45) is 5.41 Å². The molecule has 2 aliphatic rings. The second-order valence-corrected chi connectivity index (χ2v) is 5.70. The lowest BCUT2D eigenvalue weighted by atomic mass is 9.73. The Labute approximate surface area is 117 Å². The van der Waals surface area contributed by atoms with Crippen LogP contribution in [0.4, 0.5) is 0 Å². The third-order valence-corrected chi connectivity index (χ3v) is 4.46. The van der Waals surface area contributed by atoms with E-state index in [0.717, 1.165) is 38.9 Å². The summed E-state index contributed by atoms with van der Waals surface area (Å²) in [6, 6.07) is 0. The Hall–Kier alpha value is -1.98. The maximum atomic E-state index is 12.3. The number of piperidine rings is 2. The van der Waals surface area contributed by atoms with Gasteiger partial charge in [0, 0.05) is 38.4 Å². The van der Waals surface area contributed by atoms with Crippen molar-refractivity contribution in [2.45, 2.75) is 25.7 Å². The molecule has 6 nitrogen and oxygen atoms in total. The van der Waals surface area contributed by atoms with Gasteiger partial charge in [0.25, 0.3) is 5.91 Å². The van der Waals surface area contributed by atoms with Gasteiger partial charge >= 0.3 is 0 Å². The average Bonchev–Trinajstić information content (AvgIpc) is 2.52. The van der Waals surface area contributed by atoms with E-state index in [2.05, 4.69) is 15.3 Å². The van der Waals surface area contributed by atoms with Crippen molar-refractivity contribution in [3.8, 4) is 0 Å². The average molecular weight is 274 g/mol. The molecule has 1 aromatic rings. The first-order valence-electron chi connectivity index (χ1n) is 7.00. The predicted octanol–water partition coefficient (Wildman–Crippen LogP) is 0.609. The number of amides is 2. The van der Waals surface area contributed by atoms with Crippen molar-refractivity contribution < 1.29 is 9.59 Å². The molecule has 3 heterocycles. The molecule has 0 aromatic carbocycles. The third kappa shape index (κ3) is 2.50. The molecule has 0 unspecified atom stereocenters. The number of hydrogen-bond acceptors (Lipinski definition) is 4. The molecule has 0 bridgehead atoms. The van der Waals surface area contributed by atoms with Gasteiger partial charge in [-0.3, -0.25) is 9.59 Å². The van der Waals surface area contributed by atoms with Crippen molar-refractivity contribution in [1.82, 2.24) is 20.2 Å². The van der Waals surface area contributed by atoms with E-state index in [-0.39, 0.29) is 17.2 Å². The van der Waals surface area contributed by atoms with Crippen LogP contribution in [-0.4, -0.2) is 46.3 Å². The topological polar surface area (TPSA) is 75.2 Å². The summed E-state index contributed by atoms with van der Waals surface area (Å²) in [6.45, 7) is 2.23. The highest BCUT2D eigenvalue weighted by Crippen LogP contribution is 2.37. The molecular weight excluding hydrogens is 256 g/mol. The highest BCUT2D eigenvalue weighted by atomic mass is 16.2. The highest BCUT2D eigenvalue weighted by Gasteiger charge is 2.38. The molecule has 0 atom stereocenters. The quantitative estimate of drug-likeness (QED) is 0.814. The number of aromatic nitrogens is 2. The van der Waals surface area contributed by atoms with Crippen LogP contribution in [0.25, 0.3) is 0 Å². The van der Waals surface area contributed by atoms with Crippen molar-refractivity contribution in [1.29, 1.82) is 0 Å². The van der Waals surface area contributed by atoms with Crippen LogP contribution in [-0.2, 0) is 4.79 Å². The van der Waals surface area contributed by atoms with Gasteiger partial charge in [0.15, 0.2) is 0 Å². The van der Waals surface area contributed by atoms with E-state index < -0.39 is 0 Å². The number of rotatable bonds is 1. The van der Waals surface area contributed by atoms with Gasteiger partial charge in [-0.2, -0.15) is 0 Å². The van der Waals surface area contributed by atoms with Gasteiger partial charge in [0.2, 0.25) is 5.91 Å². The van der Waals surface area contributed by atoms with E-state index in [0.29, 0.717) is 12.0 Å². The predicted molar refractivity (Wildman–Crippen MR) is 71.8 cm³/mol. The molecule has 6 heteroatoms. The third-order valence-electron chi connectivity index (χ3n) is 4.46. The summed E-state index contributed by atoms with van der Waals surface area (Å²) in [6.07, 6.45) is 7.99. The minimum absolute atomic E-state index is 0.000273. The first-order chi connectivity index (χ1) is 9.69. The van der Waals surface area contributed by atoms with Gasteiger partial charge in [-0.1, -0.05) is 0 Å². The van der Waals surface area contributed by atoms with Crippen LogP contribution in [0.3, 0.4) is 0 Å². The van der Waals surface area contributed by atoms with E-state index in [1.165, 1.54) is 6.33 Å². The zero-order valence-corrected chi connectivity index (χ0v) is 11.3. The number of hydrogen-bond donors (Lipinski definition) is 1. The molecule has 1 spiro atoms. The molecule has 0 saturated carbocycles. The standard InChI is InChI=1S/C14H18N4O2/c19-12-1-2-14(9-17-12)3-5-18(6-4-14)13(20)11-7-15-10-16-8-11/h7-8,10H,1-6,9H2,(H,17,19). The fourth-order valence-electron chi connectivity index (χ4n) is 3.04. The zero-order valence-electron chi connectivity index (χ0n) is 11.3. The van der Waals surface area contributed by atoms with Gasteiger partial charge in [-0.05, 0) is 24.7 Å². The SMILES string of the molecule is O=C1CCC2(CCN(C(=O)c3cncnc3)CC2)CN1. The largest absolute Gasteiger partial charge is 0.356 e. The van der Waals surface area contributed by atoms with Gasteiger partial charge in [0.1, 0.15) is 6.33 Å². The minimum atomic E-state index is 0.000273. The van der Waals surface area contributed by atoms with Gasteiger partial charge in [-0.15, -0.1) is 0 Å². The van der Waals surface area contributed by atoms with E-state index in [1.54, 1.807) is 12.4 Å². The van der Waals surface area contributed by atoms with Crippen LogP contribution in [0.1, 0.15) is 36.0 Å². The first-order valence-corrected chi connectivity index (χ1v) is 7.00. The molecular formula is C14H18N4O2. The maximum Gasteiger partial charge on any atom is 0.256 e. The summed E-state index contributed by atoms with van der Waals surface area (Å²) in [5.74, 6) is 0.149. The lowest BCUT2D eigenvalue weighted by Gasteiger charge is -2.44. The van der Waals surface area contributed by atoms with Crippen LogP contribution < -0.4 is 5.32 Å². The number of carbonyl (C=O) groups is 2. The van der Waals surface area contributed by atoms with E-state index >= 15 is 0 Å². The monoisotopic (exact) mass is 274 g/mol. The van der Waals surface area contributed by atoms with Crippen LogP contribution in [0.15, 0.2) is 18.7 Å². The number of nitrogens with zero attached hydrogens (tertiary/aromatic N) is 3. The van der Waals surface area contributed by atoms with Gasteiger partial charge in [-0.25, -0.2) is 9.97 Å². The molecule has 2 saturated heterocycles. The zero-order chi connectivity index (χ0) is 14.0. The fourth-order valence-corrected chi connectivity index (χ4v) is 3.04. The summed E-state index contributed by atoms with van der Waals surface area (Å²) >= 11 is 0. The summed E-state index contributed by atoms with van der Waals surface area (Å²) in [5.41, 5.74) is 0.734. The lowest BCUT2D eigenvalue weighted by Crippen LogP contribution is -2.50. The van der Waals surface area contributed by atoms with Crippen molar-refractivity contribution >= 4 is 11.8 Å². The van der Waals surface area contributed by atoms with E-state index in [4.69, 9.17) is 0 Å². The Balaban J connectivity index is 1.61. The molecule has 1 N–H and O–H groups in total. The Morgan fingerprint density at radius 2 is 1.90 bits per heavy atom. The minimum Gasteiger partial charge on any atom is -0.356 e. The van der Waals surface area contributed by atoms with E-state index in [1.807, 2.05) is 4.90 Å². The second-order valence-electron chi connectivity index (χ2n) is 5.70. The molecule has 0 radical (unpaired) electrons. The Morgan fingerprint density at radius 1 is 1.20 bits per heavy atom. The molecule has 2 aliphatic heterocycles. The summed E-state index contributed by atoms with van der Waals surface area (Å²) in [5, 5.41) is 2.96. The Morgan fingerprint density at radius 3 is 2.50 bits per heavy atom. The van der Waals surface area contributed by atoms with E-state index in [9.17, 15) is 9.59 Å². The normalized spacial score (nSPS) is 21.6. The number of carbonyl (C=O) groups excluding carboxylic acids is 2. The first kappa shape index (κ1) is 13.0. The second kappa shape index (κ2) is 5.19.